The lowest BCUT2D eigenvalue weighted by atomic mass is 9.80. The minimum absolute atomic E-state index is 0.00257. The Balaban J connectivity index is 0.477. The number of rotatable bonds is 28. The van der Waals surface area contributed by atoms with Gasteiger partial charge >= 0.3 is 12.1 Å². The number of aromatic nitrogens is 10. The highest BCUT2D eigenvalue weighted by Gasteiger charge is 2.54. The summed E-state index contributed by atoms with van der Waals surface area (Å²) in [6, 6.07) is 7.85. The molecule has 3 saturated heterocycles. The van der Waals surface area contributed by atoms with E-state index in [1.165, 1.54) is 31.4 Å². The molecule has 15 atom stereocenters. The fraction of sp³-hybridized carbons (Fsp3) is 0.580. The van der Waals surface area contributed by atoms with E-state index in [-0.39, 0.29) is 94.4 Å². The second-order valence-electron chi connectivity index (χ2n) is 37.7. The molecule has 6 aromatic heterocycles. The van der Waals surface area contributed by atoms with E-state index in [4.69, 9.17) is 79.6 Å². The van der Waals surface area contributed by atoms with E-state index >= 15 is 0 Å². The Morgan fingerprint density at radius 1 is 0.698 bits per heavy atom. The third kappa shape index (κ3) is 26.2. The van der Waals surface area contributed by atoms with Gasteiger partial charge in [-0.15, -0.1) is 0 Å². The highest BCUT2D eigenvalue weighted by molar-refractivity contribution is 6.39. The summed E-state index contributed by atoms with van der Waals surface area (Å²) in [5, 5.41) is 33.2. The van der Waals surface area contributed by atoms with Crippen LogP contribution in [0.1, 0.15) is 163 Å². The minimum Gasteiger partial charge on any atom is -0.459 e. The number of ketones is 3. The lowest BCUT2D eigenvalue weighted by Crippen LogP contribution is -2.61. The second kappa shape index (κ2) is 48.6. The lowest BCUT2D eigenvalue weighted by molar-refractivity contribution is -0.265. The Labute approximate surface area is 809 Å². The molecule has 39 nitrogen and oxygen atoms in total. The molecule has 1 aliphatic carbocycles. The first-order chi connectivity index (χ1) is 67.0. The minimum atomic E-state index is -2.51. The number of piperidine rings is 1. The molecule has 14 rings (SSSR count). The molecule has 39 heteroatoms. The standard InChI is InChI=1S/C100H135N19O20/c1-60-15-11-10-12-16-61(2)80(130-7)50-74-22-18-65(6)100(129,139-74)90(124)95(126)118-28-14-13-17-77(118)96(127)137-81(51-78(120)62(3)44-64(5)88(123)89(132-9)87(122)63(4)43-60)75(101)46-66-20-23-79(82(47-66)131-8)138-99(128)117-30-25-76-73(58-117)55-108-98(111-76)115-33-31-114(32-34-115)97-106-53-72(54-107-97)94(125)104-27-36-134-38-40-136-42-41-135-39-37-133-35-26-84(121)116-29-24-68-45-67(19-21-69(68)57-116)56-119-93-85(91(103)109-59-110-93)86(113-119)71-48-70-49-83(102)112-92(70)105-52-71/h10-12,15-16,19,21,44-45,48-49,52-55,59-60,62-63,65-66,74-75,77,79-82,88-89,123,129H,13-14,17-18,20,22-43,46-47,50-51,56-58,101-102H2,1-9H3,(H,104,125)(H,105,112)(H2,103,109,110)/b12-10?,15-11+,61-16?,64-44+/t60-,62-,63-,65-,66+,74+,75-,77+,79-,80+,81+,82-,88-,89+,100-/m1/s1. The van der Waals surface area contributed by atoms with Crippen molar-refractivity contribution in [1.82, 2.24) is 69.7 Å². The first-order valence-electron chi connectivity index (χ1n) is 48.6. The van der Waals surface area contributed by atoms with Crippen LogP contribution >= 0.6 is 0 Å². The number of hydrogen-bond acceptors (Lipinski definition) is 33. The van der Waals surface area contributed by atoms with Crippen LogP contribution in [0.5, 0.6) is 0 Å². The number of hydrogen-bond donors (Lipinski definition) is 7. The van der Waals surface area contributed by atoms with Crippen molar-refractivity contribution in [3.63, 3.8) is 0 Å². The number of nitrogen functional groups attached to an aromatic ring is 2. The molecule has 2 bridgehead atoms. The van der Waals surface area contributed by atoms with Gasteiger partial charge < -0.3 is 110 Å². The van der Waals surface area contributed by atoms with Gasteiger partial charge in [0.2, 0.25) is 23.6 Å². The first kappa shape index (κ1) is 103. The molecule has 4 fully saturated rings. The number of H-pyrrole nitrogens is 1. The van der Waals surface area contributed by atoms with Crippen molar-refractivity contribution in [1.29, 1.82) is 0 Å². The first-order valence-corrected chi connectivity index (χ1v) is 48.6. The van der Waals surface area contributed by atoms with E-state index in [1.807, 2.05) is 70.8 Å². The van der Waals surface area contributed by atoms with Crippen molar-refractivity contribution in [3.8, 4) is 11.3 Å². The number of methoxy groups -OCH3 is 3. The van der Waals surface area contributed by atoms with Crippen LogP contribution in [-0.4, -0.2) is 309 Å². The summed E-state index contributed by atoms with van der Waals surface area (Å²) < 4.78 is 60.9. The zero-order chi connectivity index (χ0) is 98.6. The number of nitrogens with two attached hydrogens (primary N) is 3. The lowest BCUT2D eigenvalue weighted by Gasteiger charge is -2.42. The normalized spacial score (nSPS) is 26.2. The summed E-state index contributed by atoms with van der Waals surface area (Å²) in [5.74, 6) is -7.16. The van der Waals surface area contributed by atoms with Crippen molar-refractivity contribution in [2.45, 2.75) is 218 Å². The maximum Gasteiger partial charge on any atom is 0.410 e. The summed E-state index contributed by atoms with van der Waals surface area (Å²) in [4.78, 5) is 157. The van der Waals surface area contributed by atoms with E-state index in [9.17, 15) is 48.6 Å². The average Bonchev–Trinajstić information content (AvgIpc) is 1.74. The molecule has 0 unspecified atom stereocenters. The predicted octanol–water partition coefficient (Wildman–Crippen LogP) is 7.65. The van der Waals surface area contributed by atoms with E-state index in [0.29, 0.717) is 207 Å². The third-order valence-electron chi connectivity index (χ3n) is 27.8. The molecule has 4 amide bonds. The molecule has 12 heterocycles. The highest BCUT2D eigenvalue weighted by Crippen LogP contribution is 2.40. The number of benzene rings is 1. The molecule has 750 valence electrons. The van der Waals surface area contributed by atoms with Crippen LogP contribution in [0.4, 0.5) is 28.3 Å². The molecule has 0 radical (unpaired) electrons. The average molecular weight is 1920 g/mol. The summed E-state index contributed by atoms with van der Waals surface area (Å²) in [5.41, 5.74) is 28.6. The number of ether oxygens (including phenoxy) is 10. The van der Waals surface area contributed by atoms with Gasteiger partial charge in [0, 0.05) is 165 Å². The van der Waals surface area contributed by atoms with E-state index in [2.05, 4.69) is 58.3 Å². The predicted molar refractivity (Wildman–Crippen MR) is 515 cm³/mol. The number of aliphatic hydroxyl groups is 2. The van der Waals surface area contributed by atoms with E-state index < -0.39 is 108 Å². The second-order valence-corrected chi connectivity index (χ2v) is 37.7. The maximum atomic E-state index is 14.8. The molecular formula is C100H135N19O20. The number of allylic oxidation sites excluding steroid dienone is 6. The number of aliphatic hydroxyl groups excluding tert-OH is 1. The molecule has 139 heavy (non-hydrogen) atoms. The van der Waals surface area contributed by atoms with E-state index in [0.717, 1.165) is 50.2 Å². The number of aromatic amines is 1. The quantitative estimate of drug-likeness (QED) is 0.0107. The number of nitrogens with one attached hydrogen (secondary N) is 2. The van der Waals surface area contributed by atoms with Gasteiger partial charge in [-0.2, -0.15) is 5.10 Å². The van der Waals surface area contributed by atoms with Crippen LogP contribution in [0.3, 0.4) is 0 Å². The number of carbonyl (C=O) groups is 8. The summed E-state index contributed by atoms with van der Waals surface area (Å²) >= 11 is 0. The number of fused-ring (bicyclic) bond motifs is 7. The zero-order valence-corrected chi connectivity index (χ0v) is 81.1. The van der Waals surface area contributed by atoms with Crippen molar-refractivity contribution in [2.75, 3.05) is 148 Å². The van der Waals surface area contributed by atoms with Crippen LogP contribution < -0.4 is 32.3 Å². The fourth-order valence-corrected chi connectivity index (χ4v) is 19.6. The molecule has 7 aliphatic rings. The molecule has 1 aromatic carbocycles. The monoisotopic (exact) mass is 1920 g/mol. The molecule has 7 aromatic rings. The molecule has 0 spiro atoms. The van der Waals surface area contributed by atoms with Crippen molar-refractivity contribution >= 4 is 92.7 Å². The third-order valence-corrected chi connectivity index (χ3v) is 27.8. The molecule has 1 saturated carbocycles. The number of anilines is 4. The number of esters is 1. The largest absolute Gasteiger partial charge is 0.459 e. The van der Waals surface area contributed by atoms with Gasteiger partial charge in [-0.1, -0.05) is 82.4 Å². The Bertz CT molecular complexity index is 5570. The van der Waals surface area contributed by atoms with Crippen molar-refractivity contribution < 1.29 is 95.9 Å². The number of piperazine rings is 1. The van der Waals surface area contributed by atoms with Crippen LogP contribution in [0.15, 0.2) is 109 Å². The smallest absolute Gasteiger partial charge is 0.410 e. The number of carbonyl (C=O) groups excluding carboxylic acids is 8. The summed E-state index contributed by atoms with van der Waals surface area (Å²) in [6.45, 7) is 18.0. The Morgan fingerprint density at radius 3 is 2.16 bits per heavy atom. The summed E-state index contributed by atoms with van der Waals surface area (Å²) in [6.07, 6.45) is 17.5. The number of nitrogens with zero attached hydrogens (tertiary/aromatic N) is 14. The maximum absolute atomic E-state index is 14.8. The SMILES string of the molecule is CO[C@H]1C[C@@H]2CC[C@@H](C)[C@@](O)(O2)C(=O)C(=O)N2CCCC[C@H]2C(=O)O[C@H]([C@H](N)C[C@@H]2CC[C@@H](OC(=O)N3CCc4nc(N5CCN(c6ncc(C(=O)NCCOCCOCCOCCOCCC(=O)N7CCc8cc(Cn9nc(-c%10cnc%11[nH]c(N)cc%11c%10)c%10c(N)ncnc%109)ccc8C7)cn6)CC5)ncc4C3)[C@H](OC)C2)CC(=O)[C@H](C)/C=C(\C)[C@@H](O)[C@@H](OC)C(=O)[C@H](C)C[C@H](C)/C=C/C=CC=C1C. The van der Waals surface area contributed by atoms with Crippen LogP contribution in [0, 0.1) is 29.6 Å². The fourth-order valence-electron chi connectivity index (χ4n) is 19.6. The Kier molecular flexibility index (Phi) is 36.1. The van der Waals surface area contributed by atoms with Gasteiger partial charge in [-0.05, 0) is 136 Å². The van der Waals surface area contributed by atoms with Gasteiger partial charge in [-0.3, -0.25) is 28.8 Å². The Morgan fingerprint density at radius 2 is 1.42 bits per heavy atom. The van der Waals surface area contributed by atoms with Gasteiger partial charge in [0.15, 0.2) is 11.4 Å². The van der Waals surface area contributed by atoms with Gasteiger partial charge in [0.25, 0.3) is 17.6 Å². The number of pyridine rings is 1. The van der Waals surface area contributed by atoms with Crippen LogP contribution in [-0.2, 0) is 109 Å². The van der Waals surface area contributed by atoms with Gasteiger partial charge in [-0.25, -0.2) is 49.2 Å². The molecule has 6 aliphatic heterocycles. The van der Waals surface area contributed by atoms with Gasteiger partial charge in [0.1, 0.15) is 65.5 Å². The number of Topliss-reactive ketones (excluding diaryl/α,β-unsaturated/α-hetero) is 3. The van der Waals surface area contributed by atoms with Crippen molar-refractivity contribution in [3.05, 3.63) is 143 Å². The number of cyclic esters (lactones) is 1. The summed E-state index contributed by atoms with van der Waals surface area (Å²) in [7, 11) is 4.46. The topological polar surface area (TPSA) is 499 Å². The van der Waals surface area contributed by atoms with Gasteiger partial charge in [0.05, 0.1) is 107 Å². The Hall–Kier alpha value is -11.5. The zero-order valence-electron chi connectivity index (χ0n) is 81.1. The molecular weight excluding hydrogens is 1790 g/mol. The molecule has 10 N–H and O–H groups in total. The van der Waals surface area contributed by atoms with Crippen LogP contribution in [0.2, 0.25) is 0 Å². The highest BCUT2D eigenvalue weighted by atomic mass is 16.6. The number of amides is 4. The van der Waals surface area contributed by atoms with Crippen molar-refractivity contribution in [2.24, 2.45) is 35.3 Å². The van der Waals surface area contributed by atoms with Crippen LogP contribution in [0.25, 0.3) is 33.3 Å². The van der Waals surface area contributed by atoms with E-state index in [1.54, 1.807) is 65.3 Å².